The van der Waals surface area contributed by atoms with Crippen LogP contribution in [-0.4, -0.2) is 21.6 Å². The van der Waals surface area contributed by atoms with E-state index >= 15 is 0 Å². The molecule has 110 valence electrons. The van der Waals surface area contributed by atoms with Crippen molar-refractivity contribution in [1.29, 1.82) is 0 Å². The van der Waals surface area contributed by atoms with Crippen molar-refractivity contribution in [2.24, 2.45) is 0 Å². The predicted octanol–water partition coefficient (Wildman–Crippen LogP) is 3.47. The van der Waals surface area contributed by atoms with Crippen LogP contribution in [0.5, 0.6) is 11.5 Å². The fourth-order valence-electron chi connectivity index (χ4n) is 3.19. The Kier molecular flexibility index (Phi) is 3.25. The van der Waals surface area contributed by atoms with Crippen LogP contribution in [0.4, 0.5) is 0 Å². The average Bonchev–Trinajstić information content (AvgIpc) is 3.13. The number of ether oxygens (including phenoxy) is 2. The van der Waals surface area contributed by atoms with Crippen LogP contribution in [0.3, 0.4) is 0 Å². The molecule has 1 aliphatic heterocycles. The second-order valence-corrected chi connectivity index (χ2v) is 5.95. The molecule has 21 heavy (non-hydrogen) atoms. The SMILES string of the molecule is Sc1nnc(-c2ccc3c(c2)OCO3)n1C1CCCCC1. The van der Waals surface area contributed by atoms with E-state index in [2.05, 4.69) is 27.4 Å². The number of hydrogen-bond donors (Lipinski definition) is 1. The average molecular weight is 303 g/mol. The highest BCUT2D eigenvalue weighted by atomic mass is 32.1. The fourth-order valence-corrected chi connectivity index (χ4v) is 3.49. The van der Waals surface area contributed by atoms with Gasteiger partial charge in [-0.2, -0.15) is 0 Å². The molecule has 2 aromatic rings. The summed E-state index contributed by atoms with van der Waals surface area (Å²) >= 11 is 4.49. The van der Waals surface area contributed by atoms with Crippen LogP contribution >= 0.6 is 12.6 Å². The molecule has 2 aliphatic rings. The Hall–Kier alpha value is -1.69. The van der Waals surface area contributed by atoms with Gasteiger partial charge in [0.15, 0.2) is 22.5 Å². The van der Waals surface area contributed by atoms with Crippen molar-refractivity contribution in [3.63, 3.8) is 0 Å². The van der Waals surface area contributed by atoms with Gasteiger partial charge in [0.2, 0.25) is 6.79 Å². The normalized spacial score (nSPS) is 18.1. The maximum atomic E-state index is 5.45. The number of rotatable bonds is 2. The van der Waals surface area contributed by atoms with Crippen LogP contribution < -0.4 is 9.47 Å². The maximum Gasteiger partial charge on any atom is 0.231 e. The van der Waals surface area contributed by atoms with Gasteiger partial charge in [-0.15, -0.1) is 22.8 Å². The molecule has 2 heterocycles. The highest BCUT2D eigenvalue weighted by Crippen LogP contribution is 2.38. The lowest BCUT2D eigenvalue weighted by Gasteiger charge is -2.25. The van der Waals surface area contributed by atoms with Crippen molar-refractivity contribution in [3.8, 4) is 22.9 Å². The lowest BCUT2D eigenvalue weighted by Crippen LogP contribution is -2.14. The summed E-state index contributed by atoms with van der Waals surface area (Å²) in [6.07, 6.45) is 6.18. The molecule has 1 aliphatic carbocycles. The summed E-state index contributed by atoms with van der Waals surface area (Å²) in [6.45, 7) is 0.284. The molecule has 0 bridgehead atoms. The first kappa shape index (κ1) is 13.0. The molecule has 0 spiro atoms. The predicted molar refractivity (Wildman–Crippen MR) is 81.0 cm³/mol. The Labute approximate surface area is 128 Å². The van der Waals surface area contributed by atoms with Gasteiger partial charge < -0.3 is 9.47 Å². The molecule has 1 aromatic carbocycles. The van der Waals surface area contributed by atoms with Crippen molar-refractivity contribution >= 4 is 12.6 Å². The third-order valence-corrected chi connectivity index (χ3v) is 4.55. The zero-order valence-corrected chi connectivity index (χ0v) is 12.6. The Morgan fingerprint density at radius 1 is 1.05 bits per heavy atom. The lowest BCUT2D eigenvalue weighted by atomic mass is 9.95. The van der Waals surface area contributed by atoms with Crippen molar-refractivity contribution in [3.05, 3.63) is 18.2 Å². The Bertz CT molecular complexity index is 665. The van der Waals surface area contributed by atoms with Gasteiger partial charge in [-0.25, -0.2) is 0 Å². The molecule has 0 atom stereocenters. The molecule has 0 amide bonds. The Balaban J connectivity index is 1.75. The molecule has 4 rings (SSSR count). The van der Waals surface area contributed by atoms with Crippen LogP contribution in [0.1, 0.15) is 38.1 Å². The standard InChI is InChI=1S/C15H17N3O2S/c21-15-17-16-14(18(15)11-4-2-1-3-5-11)10-6-7-12-13(8-10)20-9-19-12/h6-8,11H,1-5,9H2,(H,17,21). The molecule has 0 N–H and O–H groups in total. The zero-order valence-electron chi connectivity index (χ0n) is 11.7. The Morgan fingerprint density at radius 3 is 2.71 bits per heavy atom. The quantitative estimate of drug-likeness (QED) is 0.863. The van der Waals surface area contributed by atoms with E-state index in [9.17, 15) is 0 Å². The Morgan fingerprint density at radius 2 is 1.86 bits per heavy atom. The minimum Gasteiger partial charge on any atom is -0.454 e. The summed E-state index contributed by atoms with van der Waals surface area (Å²) in [6, 6.07) is 6.35. The van der Waals surface area contributed by atoms with E-state index in [1.165, 1.54) is 32.1 Å². The van der Waals surface area contributed by atoms with E-state index in [1.807, 2.05) is 18.2 Å². The summed E-state index contributed by atoms with van der Waals surface area (Å²) in [7, 11) is 0. The molecule has 0 radical (unpaired) electrons. The van der Waals surface area contributed by atoms with Gasteiger partial charge >= 0.3 is 0 Å². The molecule has 6 heteroatoms. The van der Waals surface area contributed by atoms with E-state index in [4.69, 9.17) is 9.47 Å². The van der Waals surface area contributed by atoms with E-state index in [0.29, 0.717) is 11.2 Å². The van der Waals surface area contributed by atoms with Crippen LogP contribution in [0, 0.1) is 0 Å². The smallest absolute Gasteiger partial charge is 0.231 e. The number of aromatic nitrogens is 3. The maximum absolute atomic E-state index is 5.45. The summed E-state index contributed by atoms with van der Waals surface area (Å²) < 4.78 is 13.0. The van der Waals surface area contributed by atoms with Crippen molar-refractivity contribution in [2.45, 2.75) is 43.3 Å². The highest BCUT2D eigenvalue weighted by molar-refractivity contribution is 7.80. The number of hydrogen-bond acceptors (Lipinski definition) is 5. The number of thiol groups is 1. The molecular formula is C15H17N3O2S. The van der Waals surface area contributed by atoms with E-state index < -0.39 is 0 Å². The molecular weight excluding hydrogens is 286 g/mol. The number of benzene rings is 1. The van der Waals surface area contributed by atoms with Crippen molar-refractivity contribution in [2.75, 3.05) is 6.79 Å². The third-order valence-electron chi connectivity index (χ3n) is 4.25. The summed E-state index contributed by atoms with van der Waals surface area (Å²) in [5, 5.41) is 9.18. The third kappa shape index (κ3) is 2.27. The first-order chi connectivity index (χ1) is 10.3. The van der Waals surface area contributed by atoms with Crippen LogP contribution in [-0.2, 0) is 0 Å². The van der Waals surface area contributed by atoms with E-state index in [1.54, 1.807) is 0 Å². The highest BCUT2D eigenvalue weighted by Gasteiger charge is 2.23. The number of fused-ring (bicyclic) bond motifs is 1. The minimum atomic E-state index is 0.284. The summed E-state index contributed by atoms with van der Waals surface area (Å²) in [5.41, 5.74) is 0.998. The molecule has 5 nitrogen and oxygen atoms in total. The second kappa shape index (κ2) is 5.26. The molecule has 0 saturated heterocycles. The molecule has 1 saturated carbocycles. The monoisotopic (exact) mass is 303 g/mol. The first-order valence-corrected chi connectivity index (χ1v) is 7.81. The van der Waals surface area contributed by atoms with Crippen molar-refractivity contribution in [1.82, 2.24) is 14.8 Å². The van der Waals surface area contributed by atoms with Crippen LogP contribution in [0.2, 0.25) is 0 Å². The van der Waals surface area contributed by atoms with Gasteiger partial charge in [-0.1, -0.05) is 19.3 Å². The molecule has 1 aromatic heterocycles. The number of nitrogens with zero attached hydrogens (tertiary/aromatic N) is 3. The van der Waals surface area contributed by atoms with Gasteiger partial charge in [0.1, 0.15) is 0 Å². The summed E-state index contributed by atoms with van der Waals surface area (Å²) in [5.74, 6) is 2.42. The van der Waals surface area contributed by atoms with Crippen LogP contribution in [0.15, 0.2) is 23.4 Å². The second-order valence-electron chi connectivity index (χ2n) is 5.55. The van der Waals surface area contributed by atoms with Gasteiger partial charge in [0.05, 0.1) is 0 Å². The van der Waals surface area contributed by atoms with Gasteiger partial charge in [0.25, 0.3) is 0 Å². The van der Waals surface area contributed by atoms with E-state index in [-0.39, 0.29) is 6.79 Å². The van der Waals surface area contributed by atoms with E-state index in [0.717, 1.165) is 22.9 Å². The topological polar surface area (TPSA) is 49.2 Å². The molecule has 0 unspecified atom stereocenters. The first-order valence-electron chi connectivity index (χ1n) is 7.37. The summed E-state index contributed by atoms with van der Waals surface area (Å²) in [4.78, 5) is 0. The van der Waals surface area contributed by atoms with Crippen molar-refractivity contribution < 1.29 is 9.47 Å². The lowest BCUT2D eigenvalue weighted by molar-refractivity contribution is 0.174. The zero-order chi connectivity index (χ0) is 14.2. The fraction of sp³-hybridized carbons (Fsp3) is 0.467. The minimum absolute atomic E-state index is 0.284. The largest absolute Gasteiger partial charge is 0.454 e. The molecule has 1 fully saturated rings. The van der Waals surface area contributed by atoms with Gasteiger partial charge in [0, 0.05) is 11.6 Å². The van der Waals surface area contributed by atoms with Gasteiger partial charge in [-0.05, 0) is 31.0 Å². The van der Waals surface area contributed by atoms with Crippen LogP contribution in [0.25, 0.3) is 11.4 Å². The van der Waals surface area contributed by atoms with Gasteiger partial charge in [-0.3, -0.25) is 4.57 Å².